The molecule has 0 saturated carbocycles. The smallest absolute Gasteiger partial charge is 0.291 e. The lowest BCUT2D eigenvalue weighted by atomic mass is 10.1. The zero-order chi connectivity index (χ0) is 30.7. The molecule has 3 amide bonds. The minimum atomic E-state index is -4.27. The van der Waals surface area contributed by atoms with E-state index in [-0.39, 0.29) is 35.2 Å². The topological polar surface area (TPSA) is 138 Å². The molecule has 4 aromatic rings. The Balaban J connectivity index is 1.28. The van der Waals surface area contributed by atoms with Crippen LogP contribution in [0.1, 0.15) is 33.7 Å². The predicted molar refractivity (Wildman–Crippen MR) is 164 cm³/mol. The van der Waals surface area contributed by atoms with Gasteiger partial charge >= 0.3 is 0 Å². The monoisotopic (exact) mass is 620 g/mol. The van der Waals surface area contributed by atoms with Crippen molar-refractivity contribution in [3.05, 3.63) is 107 Å². The summed E-state index contributed by atoms with van der Waals surface area (Å²) in [7, 11) is -4.27. The van der Waals surface area contributed by atoms with Crippen LogP contribution < -0.4 is 20.3 Å². The minimum absolute atomic E-state index is 0.00751. The first-order valence-corrected chi connectivity index (χ1v) is 15.3. The Kier molecular flexibility index (Phi) is 8.56. The Hall–Kier alpha value is -4.61. The number of rotatable bonds is 9. The number of fused-ring (bicyclic) bond motifs is 1. The summed E-state index contributed by atoms with van der Waals surface area (Å²) in [6.45, 7) is 3.59. The highest BCUT2D eigenvalue weighted by atomic mass is 35.5. The van der Waals surface area contributed by atoms with Crippen LogP contribution in [0.2, 0.25) is 5.02 Å². The Morgan fingerprint density at radius 2 is 1.74 bits per heavy atom. The van der Waals surface area contributed by atoms with Crippen molar-refractivity contribution in [2.24, 2.45) is 0 Å². The molecule has 5 rings (SSSR count). The van der Waals surface area contributed by atoms with Gasteiger partial charge in [0.2, 0.25) is 11.8 Å². The average Bonchev–Trinajstić information content (AvgIpc) is 3.51. The van der Waals surface area contributed by atoms with Gasteiger partial charge in [0, 0.05) is 17.3 Å². The minimum Gasteiger partial charge on any atom is -0.459 e. The number of hydrogen-bond donors (Lipinski definition) is 3. The van der Waals surface area contributed by atoms with Gasteiger partial charge in [-0.3, -0.25) is 18.7 Å². The highest BCUT2D eigenvalue weighted by Crippen LogP contribution is 2.38. The summed E-state index contributed by atoms with van der Waals surface area (Å²) < 4.78 is 34.3. The second kappa shape index (κ2) is 12.3. The van der Waals surface area contributed by atoms with Gasteiger partial charge in [0.15, 0.2) is 5.76 Å². The molecule has 2 heterocycles. The molecule has 3 N–H and O–H groups in total. The molecule has 1 aliphatic rings. The lowest BCUT2D eigenvalue weighted by Gasteiger charge is -2.37. The normalized spacial score (nSPS) is 14.5. The summed E-state index contributed by atoms with van der Waals surface area (Å²) in [6, 6.07) is 18.6. The molecule has 0 saturated heterocycles. The number of nitrogens with one attached hydrogen (secondary N) is 3. The van der Waals surface area contributed by atoms with Crippen molar-refractivity contribution in [2.45, 2.75) is 37.6 Å². The number of amides is 3. The fourth-order valence-corrected chi connectivity index (χ4v) is 6.97. The summed E-state index contributed by atoms with van der Waals surface area (Å²) in [4.78, 5) is 38.4. The highest BCUT2D eigenvalue weighted by molar-refractivity contribution is 7.93. The number of carbonyl (C=O) groups excluding carboxylic acids is 3. The van der Waals surface area contributed by atoms with Crippen LogP contribution in [-0.4, -0.2) is 38.7 Å². The van der Waals surface area contributed by atoms with E-state index in [1.807, 2.05) is 12.1 Å². The van der Waals surface area contributed by atoms with Crippen molar-refractivity contribution in [1.29, 1.82) is 0 Å². The Morgan fingerprint density at radius 1 is 1.00 bits per heavy atom. The van der Waals surface area contributed by atoms with E-state index in [1.54, 1.807) is 68.4 Å². The molecule has 43 heavy (non-hydrogen) atoms. The second-order valence-corrected chi connectivity index (χ2v) is 12.3. The third kappa shape index (κ3) is 6.42. The van der Waals surface area contributed by atoms with Gasteiger partial charge in [0.1, 0.15) is 6.04 Å². The number of nitrogens with zero attached hydrogens (tertiary/aromatic N) is 1. The number of para-hydroxylation sites is 2. The molecule has 1 atom stereocenters. The van der Waals surface area contributed by atoms with Gasteiger partial charge < -0.3 is 20.4 Å². The van der Waals surface area contributed by atoms with Crippen LogP contribution in [0.4, 0.5) is 17.1 Å². The van der Waals surface area contributed by atoms with E-state index in [2.05, 4.69) is 16.0 Å². The number of benzene rings is 3. The molecule has 222 valence electrons. The molecule has 12 heteroatoms. The molecule has 0 radical (unpaired) electrons. The number of furan rings is 1. The van der Waals surface area contributed by atoms with Crippen molar-refractivity contribution in [3.63, 3.8) is 0 Å². The maximum atomic E-state index is 14.1. The number of carbonyl (C=O) groups is 3. The lowest BCUT2D eigenvalue weighted by Crippen LogP contribution is -2.53. The van der Waals surface area contributed by atoms with E-state index in [0.717, 1.165) is 9.87 Å². The Bertz CT molecular complexity index is 1790. The molecule has 3 aromatic carbocycles. The molecule has 10 nitrogen and oxygen atoms in total. The van der Waals surface area contributed by atoms with Crippen molar-refractivity contribution in [3.8, 4) is 0 Å². The molecule has 0 fully saturated rings. The van der Waals surface area contributed by atoms with Gasteiger partial charge in [-0.15, -0.1) is 0 Å². The third-order valence-corrected chi connectivity index (χ3v) is 9.42. The number of sulfonamides is 1. The number of anilines is 3. The fourth-order valence-electron chi connectivity index (χ4n) is 4.82. The van der Waals surface area contributed by atoms with Crippen LogP contribution in [0, 0.1) is 13.8 Å². The van der Waals surface area contributed by atoms with Crippen LogP contribution in [0.25, 0.3) is 0 Å². The zero-order valence-corrected chi connectivity index (χ0v) is 25.0. The molecule has 0 spiro atoms. The first-order chi connectivity index (χ1) is 20.5. The SMILES string of the molecule is Cc1cc(S(=O)(=O)N2c3ccccc3NC(=O)C2CC(=O)NCCc2ccc(NC(=O)c3ccco3)cc2)c(C)cc1Cl. The van der Waals surface area contributed by atoms with E-state index < -0.39 is 27.9 Å². The average molecular weight is 621 g/mol. The fraction of sp³-hybridized carbons (Fsp3) is 0.194. The predicted octanol–water partition coefficient (Wildman–Crippen LogP) is 5.07. The van der Waals surface area contributed by atoms with Gasteiger partial charge in [-0.05, 0) is 85.5 Å². The quantitative estimate of drug-likeness (QED) is 0.239. The van der Waals surface area contributed by atoms with Gasteiger partial charge in [0.25, 0.3) is 15.9 Å². The third-order valence-electron chi connectivity index (χ3n) is 7.05. The number of aryl methyl sites for hydroxylation is 2. The maximum absolute atomic E-state index is 14.1. The van der Waals surface area contributed by atoms with Crippen LogP contribution in [0.15, 0.2) is 88.4 Å². The van der Waals surface area contributed by atoms with Gasteiger partial charge in [-0.2, -0.15) is 0 Å². The van der Waals surface area contributed by atoms with Crippen LogP contribution in [0.3, 0.4) is 0 Å². The summed E-state index contributed by atoms with van der Waals surface area (Å²) in [6.07, 6.45) is 1.51. The maximum Gasteiger partial charge on any atom is 0.291 e. The van der Waals surface area contributed by atoms with Gasteiger partial charge in [-0.25, -0.2) is 8.42 Å². The van der Waals surface area contributed by atoms with E-state index in [4.69, 9.17) is 16.0 Å². The van der Waals surface area contributed by atoms with Crippen LogP contribution in [0.5, 0.6) is 0 Å². The molecule has 1 unspecified atom stereocenters. The Morgan fingerprint density at radius 3 is 2.47 bits per heavy atom. The number of hydrogen-bond acceptors (Lipinski definition) is 6. The summed E-state index contributed by atoms with van der Waals surface area (Å²) in [5, 5.41) is 8.69. The first kappa shape index (κ1) is 29.9. The van der Waals surface area contributed by atoms with Crippen molar-refractivity contribution < 1.29 is 27.2 Å². The first-order valence-electron chi connectivity index (χ1n) is 13.5. The van der Waals surface area contributed by atoms with Gasteiger partial charge in [-0.1, -0.05) is 35.9 Å². The van der Waals surface area contributed by atoms with E-state index in [1.165, 1.54) is 12.3 Å². The molecular formula is C31H29ClN4O6S. The molecule has 0 aliphatic carbocycles. The lowest BCUT2D eigenvalue weighted by molar-refractivity contribution is -0.125. The van der Waals surface area contributed by atoms with Crippen LogP contribution in [-0.2, 0) is 26.0 Å². The van der Waals surface area contributed by atoms with Crippen LogP contribution >= 0.6 is 11.6 Å². The Labute approximate surface area is 254 Å². The van der Waals surface area contributed by atoms with E-state index in [9.17, 15) is 22.8 Å². The van der Waals surface area contributed by atoms with Gasteiger partial charge in [0.05, 0.1) is 29.0 Å². The summed E-state index contributed by atoms with van der Waals surface area (Å²) >= 11 is 6.22. The summed E-state index contributed by atoms with van der Waals surface area (Å²) in [5.74, 6) is -1.25. The molecule has 0 bridgehead atoms. The van der Waals surface area contributed by atoms with E-state index >= 15 is 0 Å². The molecular weight excluding hydrogens is 592 g/mol. The highest BCUT2D eigenvalue weighted by Gasteiger charge is 2.42. The van der Waals surface area contributed by atoms with E-state index in [0.29, 0.717) is 33.9 Å². The summed E-state index contributed by atoms with van der Waals surface area (Å²) in [5.41, 5.74) is 3.09. The second-order valence-electron chi connectivity index (χ2n) is 10.1. The number of halogens is 1. The molecule has 1 aliphatic heterocycles. The largest absolute Gasteiger partial charge is 0.459 e. The zero-order valence-electron chi connectivity index (χ0n) is 23.4. The van der Waals surface area contributed by atoms with Crippen molar-refractivity contribution in [1.82, 2.24) is 5.32 Å². The van der Waals surface area contributed by atoms with Crippen molar-refractivity contribution in [2.75, 3.05) is 21.5 Å². The van der Waals surface area contributed by atoms with Crippen molar-refractivity contribution >= 4 is 56.4 Å². The molecule has 1 aromatic heterocycles. The standard InChI is InChI=1S/C31H29ClN4O6S/c1-19-17-28(20(2)16-23(19)32)43(40,41)36-25-7-4-3-6-24(25)35-30(38)26(36)18-29(37)33-14-13-21-9-11-22(12-10-21)34-31(39)27-8-5-15-42-27/h3-12,15-17,26H,13-14,18H2,1-2H3,(H,33,37)(H,34,39)(H,35,38).